The minimum absolute atomic E-state index is 0.0648. The van der Waals surface area contributed by atoms with E-state index in [1.54, 1.807) is 79.1 Å². The van der Waals surface area contributed by atoms with Crippen molar-refractivity contribution in [1.29, 1.82) is 0 Å². The largest absolute Gasteiger partial charge is 0.478 e. The molecule has 63 heavy (non-hydrogen) atoms. The summed E-state index contributed by atoms with van der Waals surface area (Å²) in [4.78, 5) is 79.6. The third-order valence-electron chi connectivity index (χ3n) is 10.9. The molecule has 12 heteroatoms. The SMILES string of the molecule is Cc1c(C(=O)O)c2ccccc2n1C(=O)C1=CC=[C+]C=C1.Cc1cc(C)c(CCC(=O)c2c(C)n(C(=O)c3ccccc3)c3ccccc23)c(=O)[nH]1.Cc1cc(C)c(CN)c(=O)[nH]1. The molecule has 0 saturated heterocycles. The molecule has 318 valence electrons. The van der Waals surface area contributed by atoms with Crippen molar-refractivity contribution in [3.05, 3.63) is 209 Å². The molecule has 5 N–H and O–H groups in total. The van der Waals surface area contributed by atoms with Gasteiger partial charge in [-0.2, -0.15) is 0 Å². The number of fused-ring (bicyclic) bond motifs is 2. The standard InChI is InChI=1S/C26H24N2O3.C17H11NO3.C8H12N2O/c1-16-15-17(2)27-25(30)20(16)13-14-23(29)24-18(3)28(22-12-8-7-11-21(22)24)26(31)19-9-5-4-6-10-19;1-11-15(17(20)21)13-9-5-6-10-14(13)18(11)16(19)12-7-3-2-4-8-12;1-5-3-6(2)10-8(11)7(5)4-9/h4-12,15H,13-14H2,1-3H3,(H,27,30);3-10H,1H3;3H,4,9H2,1-2H3,(H,10,11)/p+1. The maximum atomic E-state index is 13.3. The molecule has 4 aromatic heterocycles. The molecule has 8 rings (SSSR count). The van der Waals surface area contributed by atoms with Crippen molar-refractivity contribution >= 4 is 45.4 Å². The van der Waals surface area contributed by atoms with E-state index in [0.717, 1.165) is 27.9 Å². The number of carbonyl (C=O) groups excluding carboxylic acids is 3. The van der Waals surface area contributed by atoms with Crippen LogP contribution >= 0.6 is 0 Å². The fourth-order valence-electron chi connectivity index (χ4n) is 7.94. The number of hydrogen-bond acceptors (Lipinski definition) is 7. The number of nitrogens with zero attached hydrogens (tertiary/aromatic N) is 2. The molecule has 0 atom stereocenters. The van der Waals surface area contributed by atoms with Gasteiger partial charge in [0.15, 0.2) is 11.4 Å². The van der Waals surface area contributed by atoms with Gasteiger partial charge in [-0.05, 0) is 95.5 Å². The van der Waals surface area contributed by atoms with Gasteiger partial charge in [0.2, 0.25) is 0 Å². The highest BCUT2D eigenvalue weighted by molar-refractivity contribution is 6.14. The first-order chi connectivity index (χ1) is 30.1. The predicted octanol–water partition coefficient (Wildman–Crippen LogP) is 8.35. The maximum absolute atomic E-state index is 13.3. The second-order valence-electron chi connectivity index (χ2n) is 15.2. The van der Waals surface area contributed by atoms with E-state index in [-0.39, 0.29) is 40.7 Å². The van der Waals surface area contributed by atoms with Crippen LogP contribution in [0.15, 0.2) is 130 Å². The molecule has 1 aliphatic rings. The second kappa shape index (κ2) is 19.3. The Morgan fingerprint density at radius 2 is 1.17 bits per heavy atom. The predicted molar refractivity (Wildman–Crippen MR) is 246 cm³/mol. The number of benzene rings is 3. The molecule has 0 fully saturated rings. The van der Waals surface area contributed by atoms with Crippen molar-refractivity contribution in [1.82, 2.24) is 19.1 Å². The third-order valence-corrected chi connectivity index (χ3v) is 10.9. The summed E-state index contributed by atoms with van der Waals surface area (Å²) < 4.78 is 3.07. The van der Waals surface area contributed by atoms with E-state index in [1.165, 1.54) is 4.57 Å². The van der Waals surface area contributed by atoms with Crippen molar-refractivity contribution in [3.63, 3.8) is 0 Å². The van der Waals surface area contributed by atoms with Crippen LogP contribution in [0.4, 0.5) is 0 Å². The number of carboxylic acids is 1. The summed E-state index contributed by atoms with van der Waals surface area (Å²) in [6, 6.07) is 27.3. The zero-order valence-electron chi connectivity index (χ0n) is 36.0. The Morgan fingerprint density at radius 1 is 0.667 bits per heavy atom. The van der Waals surface area contributed by atoms with Gasteiger partial charge in [0, 0.05) is 74.8 Å². The smallest absolute Gasteiger partial charge is 0.338 e. The number of aromatic amines is 2. The lowest BCUT2D eigenvalue weighted by molar-refractivity contribution is 0.0697. The van der Waals surface area contributed by atoms with Crippen molar-refractivity contribution in [2.45, 2.75) is 60.9 Å². The Labute approximate surface area is 363 Å². The van der Waals surface area contributed by atoms with E-state index in [1.807, 2.05) is 82.3 Å². The number of H-pyrrole nitrogens is 2. The van der Waals surface area contributed by atoms with Crippen LogP contribution in [0.3, 0.4) is 0 Å². The molecular formula is C51H48N5O7+. The van der Waals surface area contributed by atoms with Crippen molar-refractivity contribution in [2.24, 2.45) is 5.73 Å². The molecular weight excluding hydrogens is 795 g/mol. The quantitative estimate of drug-likeness (QED) is 0.0867. The van der Waals surface area contributed by atoms with Crippen LogP contribution in [0.1, 0.15) is 87.3 Å². The highest BCUT2D eigenvalue weighted by Gasteiger charge is 2.26. The molecule has 0 radical (unpaired) electrons. The Hall–Kier alpha value is -7.79. The van der Waals surface area contributed by atoms with Crippen molar-refractivity contribution in [2.75, 3.05) is 0 Å². The molecule has 0 bridgehead atoms. The summed E-state index contributed by atoms with van der Waals surface area (Å²) in [6.07, 6.45) is 10.1. The Balaban J connectivity index is 0.000000177. The lowest BCUT2D eigenvalue weighted by atomic mass is 9.99. The number of carbonyl (C=O) groups is 4. The number of aromatic carboxylic acids is 1. The highest BCUT2D eigenvalue weighted by atomic mass is 16.4. The number of pyridine rings is 2. The van der Waals surface area contributed by atoms with E-state index in [0.29, 0.717) is 68.6 Å². The molecule has 0 aliphatic heterocycles. The molecule has 0 unspecified atom stereocenters. The normalized spacial score (nSPS) is 11.6. The van der Waals surface area contributed by atoms with Gasteiger partial charge in [-0.15, -0.1) is 0 Å². The lowest BCUT2D eigenvalue weighted by Gasteiger charge is -2.08. The van der Waals surface area contributed by atoms with Crippen LogP contribution in [0.5, 0.6) is 0 Å². The summed E-state index contributed by atoms with van der Waals surface area (Å²) in [5, 5.41) is 10.7. The van der Waals surface area contributed by atoms with Gasteiger partial charge in [-0.25, -0.2) is 4.79 Å². The molecule has 3 aromatic carbocycles. The zero-order valence-corrected chi connectivity index (χ0v) is 36.0. The molecule has 1 aliphatic carbocycles. The van der Waals surface area contributed by atoms with Gasteiger partial charge >= 0.3 is 5.97 Å². The highest BCUT2D eigenvalue weighted by Crippen LogP contribution is 2.29. The number of nitrogens with one attached hydrogen (secondary N) is 2. The van der Waals surface area contributed by atoms with Crippen LogP contribution in [-0.2, 0) is 13.0 Å². The number of Topliss-reactive ketones (excluding diaryl/α,β-unsaturated/α-hetero) is 1. The Bertz CT molecular complexity index is 3140. The van der Waals surface area contributed by atoms with Crippen molar-refractivity contribution in [3.8, 4) is 0 Å². The number of aryl methyl sites for hydroxylation is 4. The van der Waals surface area contributed by atoms with Crippen LogP contribution in [0.25, 0.3) is 21.8 Å². The fraction of sp³-hybridized carbons (Fsp3) is 0.176. The van der Waals surface area contributed by atoms with Crippen LogP contribution < -0.4 is 16.9 Å². The first-order valence-corrected chi connectivity index (χ1v) is 20.3. The summed E-state index contributed by atoms with van der Waals surface area (Å²) in [5.74, 6) is -1.52. The summed E-state index contributed by atoms with van der Waals surface area (Å²) in [5.41, 5.74) is 14.1. The maximum Gasteiger partial charge on any atom is 0.338 e. The number of ketones is 1. The van der Waals surface area contributed by atoms with Gasteiger partial charge in [-0.3, -0.25) is 33.1 Å². The minimum Gasteiger partial charge on any atom is -0.478 e. The molecule has 7 aromatic rings. The average Bonchev–Trinajstić information content (AvgIpc) is 3.73. The summed E-state index contributed by atoms with van der Waals surface area (Å²) >= 11 is 0. The van der Waals surface area contributed by atoms with Gasteiger partial charge in [-0.1, -0.05) is 54.6 Å². The number of aromatic nitrogens is 4. The fourth-order valence-corrected chi connectivity index (χ4v) is 7.94. The number of rotatable bonds is 8. The van der Waals surface area contributed by atoms with Crippen LogP contribution in [0.2, 0.25) is 0 Å². The average molecular weight is 843 g/mol. The summed E-state index contributed by atoms with van der Waals surface area (Å²) in [6.45, 7) is 11.2. The molecule has 4 heterocycles. The number of hydrogen-bond donors (Lipinski definition) is 4. The number of nitrogens with two attached hydrogens (primary N) is 1. The first-order valence-electron chi connectivity index (χ1n) is 20.3. The number of carboxylic acid groups (broad SMARTS) is 1. The Kier molecular flexibility index (Phi) is 13.7. The molecule has 0 spiro atoms. The van der Waals surface area contributed by atoms with E-state index in [4.69, 9.17) is 5.73 Å². The van der Waals surface area contributed by atoms with Gasteiger partial charge in [0.05, 0.1) is 28.7 Å². The molecule has 12 nitrogen and oxygen atoms in total. The van der Waals surface area contributed by atoms with E-state index in [2.05, 4.69) is 16.0 Å². The van der Waals surface area contributed by atoms with E-state index < -0.39 is 5.97 Å². The Morgan fingerprint density at radius 3 is 1.70 bits per heavy atom. The number of allylic oxidation sites excluding steroid dienone is 6. The van der Waals surface area contributed by atoms with E-state index >= 15 is 0 Å². The minimum atomic E-state index is -1.03. The van der Waals surface area contributed by atoms with Crippen LogP contribution in [-0.4, -0.2) is 47.8 Å². The molecule has 0 saturated carbocycles. The van der Waals surface area contributed by atoms with E-state index in [9.17, 15) is 33.9 Å². The van der Waals surface area contributed by atoms with Crippen molar-refractivity contribution < 1.29 is 24.3 Å². The zero-order chi connectivity index (χ0) is 45.5. The van der Waals surface area contributed by atoms with Gasteiger partial charge < -0.3 is 20.8 Å². The lowest BCUT2D eigenvalue weighted by Crippen LogP contribution is -2.18. The summed E-state index contributed by atoms with van der Waals surface area (Å²) in [7, 11) is 0. The first kappa shape index (κ1) is 44.8. The monoisotopic (exact) mass is 842 g/mol. The molecule has 0 amide bonds. The second-order valence-corrected chi connectivity index (χ2v) is 15.2. The topological polar surface area (TPSA) is 190 Å². The third kappa shape index (κ3) is 9.43. The van der Waals surface area contributed by atoms with Gasteiger partial charge in [0.25, 0.3) is 22.9 Å². The van der Waals surface area contributed by atoms with Gasteiger partial charge in [0.1, 0.15) is 12.2 Å². The number of para-hydroxylation sites is 2. The van der Waals surface area contributed by atoms with Crippen LogP contribution in [0, 0.1) is 47.6 Å².